The summed E-state index contributed by atoms with van der Waals surface area (Å²) < 4.78 is 53.7. The van der Waals surface area contributed by atoms with E-state index in [1.807, 2.05) is 6.92 Å². The number of hydrogen-bond donors (Lipinski definition) is 1. The van der Waals surface area contributed by atoms with E-state index in [4.69, 9.17) is 0 Å². The van der Waals surface area contributed by atoms with Crippen molar-refractivity contribution in [2.24, 2.45) is 0 Å². The number of aryl methyl sites for hydroxylation is 1. The second-order valence-corrected chi connectivity index (χ2v) is 11.8. The summed E-state index contributed by atoms with van der Waals surface area (Å²) in [4.78, 5) is 14.6. The van der Waals surface area contributed by atoms with Crippen molar-refractivity contribution in [1.82, 2.24) is 8.61 Å². The molecule has 11 heteroatoms. The molecule has 0 spiro atoms. The van der Waals surface area contributed by atoms with E-state index in [-0.39, 0.29) is 15.5 Å². The minimum atomic E-state index is -3.86. The SMILES string of the molecule is CCN(CC)S(=O)(=O)c1ccc(N(C)C)c(NC(=O)CN(C)S(=O)(=O)c2ccc(C)cc2)c1. The van der Waals surface area contributed by atoms with Crippen molar-refractivity contribution in [3.63, 3.8) is 0 Å². The van der Waals surface area contributed by atoms with Crippen molar-refractivity contribution in [1.29, 1.82) is 0 Å². The zero-order chi connectivity index (χ0) is 25.0. The topological polar surface area (TPSA) is 107 Å². The molecule has 2 aromatic carbocycles. The maximum Gasteiger partial charge on any atom is 0.243 e. The molecule has 0 radical (unpaired) electrons. The van der Waals surface area contributed by atoms with Crippen LogP contribution in [0.25, 0.3) is 0 Å². The molecule has 0 fully saturated rings. The van der Waals surface area contributed by atoms with Gasteiger partial charge in [0.25, 0.3) is 0 Å². The number of amides is 1. The van der Waals surface area contributed by atoms with Crippen LogP contribution in [0.2, 0.25) is 0 Å². The predicted octanol–water partition coefficient (Wildman–Crippen LogP) is 2.35. The summed E-state index contributed by atoms with van der Waals surface area (Å²) in [5, 5.41) is 2.67. The molecule has 0 aliphatic carbocycles. The van der Waals surface area contributed by atoms with E-state index in [9.17, 15) is 21.6 Å². The molecular weight excluding hydrogens is 464 g/mol. The summed E-state index contributed by atoms with van der Waals surface area (Å²) in [5.74, 6) is -0.589. The van der Waals surface area contributed by atoms with Crippen molar-refractivity contribution in [3.05, 3.63) is 48.0 Å². The van der Waals surface area contributed by atoms with Gasteiger partial charge in [0.05, 0.1) is 27.7 Å². The first-order valence-corrected chi connectivity index (χ1v) is 13.4. The molecule has 0 saturated carbocycles. The van der Waals surface area contributed by atoms with Gasteiger partial charge in [-0.05, 0) is 37.3 Å². The van der Waals surface area contributed by atoms with Crippen LogP contribution >= 0.6 is 0 Å². The van der Waals surface area contributed by atoms with Gasteiger partial charge in [-0.2, -0.15) is 8.61 Å². The molecule has 1 amide bonds. The highest BCUT2D eigenvalue weighted by Crippen LogP contribution is 2.29. The normalized spacial score (nSPS) is 12.2. The van der Waals surface area contributed by atoms with Crippen LogP contribution in [0.5, 0.6) is 0 Å². The quantitative estimate of drug-likeness (QED) is 0.541. The molecular formula is C22H32N4O5S2. The molecule has 0 unspecified atom stereocenters. The monoisotopic (exact) mass is 496 g/mol. The summed E-state index contributed by atoms with van der Waals surface area (Å²) in [6.45, 7) is 5.56. The molecule has 0 bridgehead atoms. The first-order chi connectivity index (χ1) is 15.3. The van der Waals surface area contributed by atoms with E-state index >= 15 is 0 Å². The summed E-state index contributed by atoms with van der Waals surface area (Å²) in [6, 6.07) is 10.9. The van der Waals surface area contributed by atoms with Crippen LogP contribution in [0.15, 0.2) is 52.3 Å². The minimum Gasteiger partial charge on any atom is -0.376 e. The average molecular weight is 497 g/mol. The van der Waals surface area contributed by atoms with E-state index in [1.165, 1.54) is 35.6 Å². The van der Waals surface area contributed by atoms with E-state index in [1.54, 1.807) is 51.0 Å². The van der Waals surface area contributed by atoms with Crippen LogP contribution < -0.4 is 10.2 Å². The maximum atomic E-state index is 12.9. The zero-order valence-corrected chi connectivity index (χ0v) is 21.5. The number of benzene rings is 2. The van der Waals surface area contributed by atoms with Crippen molar-refractivity contribution < 1.29 is 21.6 Å². The van der Waals surface area contributed by atoms with Gasteiger partial charge in [-0.25, -0.2) is 16.8 Å². The van der Waals surface area contributed by atoms with Crippen LogP contribution in [0, 0.1) is 6.92 Å². The number of carbonyl (C=O) groups excluding carboxylic acids is 1. The predicted molar refractivity (Wildman–Crippen MR) is 131 cm³/mol. The van der Waals surface area contributed by atoms with Crippen molar-refractivity contribution in [2.45, 2.75) is 30.6 Å². The highest BCUT2D eigenvalue weighted by Gasteiger charge is 2.25. The molecule has 0 saturated heterocycles. The van der Waals surface area contributed by atoms with Gasteiger partial charge in [0.15, 0.2) is 0 Å². The second kappa shape index (κ2) is 10.6. The Balaban J connectivity index is 2.31. The second-order valence-electron chi connectivity index (χ2n) is 7.79. The Hall–Kier alpha value is -2.47. The zero-order valence-electron chi connectivity index (χ0n) is 19.9. The lowest BCUT2D eigenvalue weighted by atomic mass is 10.2. The fourth-order valence-electron chi connectivity index (χ4n) is 3.25. The van der Waals surface area contributed by atoms with Crippen LogP contribution in [0.4, 0.5) is 11.4 Å². The molecule has 33 heavy (non-hydrogen) atoms. The summed E-state index contributed by atoms with van der Waals surface area (Å²) >= 11 is 0. The van der Waals surface area contributed by atoms with Gasteiger partial charge in [0.2, 0.25) is 26.0 Å². The molecule has 0 atom stereocenters. The standard InChI is InChI=1S/C22H32N4O5S2/c1-7-26(8-2)33(30,31)19-13-14-21(24(4)5)20(15-19)23-22(27)16-25(6)32(28,29)18-11-9-17(3)10-12-18/h9-15H,7-8,16H2,1-6H3,(H,23,27). The average Bonchev–Trinajstić information content (AvgIpc) is 2.74. The van der Waals surface area contributed by atoms with Gasteiger partial charge in [0, 0.05) is 34.2 Å². The Bertz CT molecular complexity index is 1190. The van der Waals surface area contributed by atoms with Crippen LogP contribution in [0.3, 0.4) is 0 Å². The van der Waals surface area contributed by atoms with Gasteiger partial charge in [-0.15, -0.1) is 0 Å². The molecule has 1 N–H and O–H groups in total. The number of carbonyl (C=O) groups is 1. The smallest absolute Gasteiger partial charge is 0.243 e. The highest BCUT2D eigenvalue weighted by molar-refractivity contribution is 7.89. The van der Waals surface area contributed by atoms with Crippen molar-refractivity contribution >= 4 is 37.3 Å². The van der Waals surface area contributed by atoms with Gasteiger partial charge in [0.1, 0.15) is 0 Å². The number of nitrogens with zero attached hydrogens (tertiary/aromatic N) is 3. The van der Waals surface area contributed by atoms with E-state index in [2.05, 4.69) is 5.32 Å². The van der Waals surface area contributed by atoms with E-state index < -0.39 is 32.5 Å². The molecule has 0 aromatic heterocycles. The number of hydrogen-bond acceptors (Lipinski definition) is 6. The molecule has 0 heterocycles. The first kappa shape index (κ1) is 26.8. The number of likely N-dealkylation sites (N-methyl/N-ethyl adjacent to an activating group) is 1. The largest absolute Gasteiger partial charge is 0.376 e. The van der Waals surface area contributed by atoms with Crippen molar-refractivity contribution in [2.75, 3.05) is 51.0 Å². The summed E-state index contributed by atoms with van der Waals surface area (Å²) in [5.41, 5.74) is 1.79. The lowest BCUT2D eigenvalue weighted by molar-refractivity contribution is -0.116. The van der Waals surface area contributed by atoms with Crippen LogP contribution in [0.1, 0.15) is 19.4 Å². The van der Waals surface area contributed by atoms with Crippen molar-refractivity contribution in [3.8, 4) is 0 Å². The molecule has 0 aliphatic rings. The number of sulfonamides is 2. The molecule has 0 aliphatic heterocycles. The Kier molecular flexibility index (Phi) is 8.63. The van der Waals surface area contributed by atoms with Crippen LogP contribution in [-0.4, -0.2) is 72.1 Å². The number of nitrogens with one attached hydrogen (secondary N) is 1. The van der Waals surface area contributed by atoms with Crippen LogP contribution in [-0.2, 0) is 24.8 Å². The maximum absolute atomic E-state index is 12.9. The number of anilines is 2. The molecule has 2 rings (SSSR count). The Morgan fingerprint density at radius 3 is 1.91 bits per heavy atom. The fourth-order valence-corrected chi connectivity index (χ4v) is 5.86. The Labute approximate surface area is 197 Å². The summed E-state index contributed by atoms with van der Waals surface area (Å²) in [7, 11) is -2.74. The minimum absolute atomic E-state index is 0.0488. The third-order valence-electron chi connectivity index (χ3n) is 5.16. The highest BCUT2D eigenvalue weighted by atomic mass is 32.2. The van der Waals surface area contributed by atoms with Gasteiger partial charge >= 0.3 is 0 Å². The summed E-state index contributed by atoms with van der Waals surface area (Å²) in [6.07, 6.45) is 0. The lowest BCUT2D eigenvalue weighted by Gasteiger charge is -2.23. The first-order valence-electron chi connectivity index (χ1n) is 10.5. The van der Waals surface area contributed by atoms with Gasteiger partial charge < -0.3 is 10.2 Å². The molecule has 182 valence electrons. The third kappa shape index (κ3) is 6.11. The Morgan fingerprint density at radius 1 is 0.848 bits per heavy atom. The molecule has 2 aromatic rings. The van der Waals surface area contributed by atoms with Gasteiger partial charge in [-0.3, -0.25) is 4.79 Å². The fraction of sp³-hybridized carbons (Fsp3) is 0.409. The Morgan fingerprint density at radius 2 is 1.39 bits per heavy atom. The van der Waals surface area contributed by atoms with E-state index in [0.29, 0.717) is 18.8 Å². The number of rotatable bonds is 10. The lowest BCUT2D eigenvalue weighted by Crippen LogP contribution is -2.35. The van der Waals surface area contributed by atoms with E-state index in [0.717, 1.165) is 9.87 Å². The third-order valence-corrected chi connectivity index (χ3v) is 9.03. The molecule has 9 nitrogen and oxygen atoms in total. The van der Waals surface area contributed by atoms with Gasteiger partial charge in [-0.1, -0.05) is 31.5 Å².